The van der Waals surface area contributed by atoms with Crippen LogP contribution in [0, 0.1) is 6.92 Å². The maximum absolute atomic E-state index is 12.0. The summed E-state index contributed by atoms with van der Waals surface area (Å²) in [6.45, 7) is 3.78. The first-order valence-electron chi connectivity index (χ1n) is 5.70. The molecule has 4 nitrogen and oxygen atoms in total. The van der Waals surface area contributed by atoms with Crippen molar-refractivity contribution in [2.24, 2.45) is 0 Å². The predicted molar refractivity (Wildman–Crippen MR) is 76.8 cm³/mol. The average molecular weight is 292 g/mol. The first kappa shape index (κ1) is 17.2. The molecule has 1 aliphatic heterocycles. The van der Waals surface area contributed by atoms with E-state index >= 15 is 0 Å². The molecular weight excluding hydrogens is 273 g/mol. The van der Waals surface area contributed by atoms with Crippen LogP contribution in [-0.2, 0) is 0 Å². The summed E-state index contributed by atoms with van der Waals surface area (Å²) in [4.78, 5) is 16.1. The van der Waals surface area contributed by atoms with Crippen LogP contribution < -0.4 is 10.6 Å². The lowest BCUT2D eigenvalue weighted by Crippen LogP contribution is -2.45. The van der Waals surface area contributed by atoms with Gasteiger partial charge in [0.05, 0.1) is 5.56 Å². The van der Waals surface area contributed by atoms with Crippen LogP contribution in [0.25, 0.3) is 0 Å². The number of rotatable bonds is 2. The summed E-state index contributed by atoms with van der Waals surface area (Å²) < 4.78 is 0. The molecule has 18 heavy (non-hydrogen) atoms. The van der Waals surface area contributed by atoms with Gasteiger partial charge < -0.3 is 10.6 Å². The van der Waals surface area contributed by atoms with Gasteiger partial charge in [0.25, 0.3) is 5.91 Å². The van der Waals surface area contributed by atoms with Gasteiger partial charge in [-0.05, 0) is 38.4 Å². The van der Waals surface area contributed by atoms with E-state index < -0.39 is 0 Å². The van der Waals surface area contributed by atoms with Gasteiger partial charge in [0.15, 0.2) is 0 Å². The molecule has 1 aliphatic rings. The largest absolute Gasteiger partial charge is 0.348 e. The Labute approximate surface area is 120 Å². The molecule has 1 aromatic rings. The first-order valence-corrected chi connectivity index (χ1v) is 5.70. The highest BCUT2D eigenvalue weighted by Gasteiger charge is 2.17. The monoisotopic (exact) mass is 291 g/mol. The van der Waals surface area contributed by atoms with Gasteiger partial charge in [-0.25, -0.2) is 0 Å². The third-order valence-corrected chi connectivity index (χ3v) is 2.88. The van der Waals surface area contributed by atoms with Gasteiger partial charge >= 0.3 is 0 Å². The zero-order valence-corrected chi connectivity index (χ0v) is 11.9. The molecule has 1 saturated heterocycles. The van der Waals surface area contributed by atoms with Crippen LogP contribution in [-0.4, -0.2) is 30.0 Å². The minimum atomic E-state index is -0.0145. The number of nitrogens with zero attached hydrogens (tertiary/aromatic N) is 1. The van der Waals surface area contributed by atoms with Crippen LogP contribution in [0.15, 0.2) is 18.3 Å². The second-order valence-corrected chi connectivity index (χ2v) is 4.15. The summed E-state index contributed by atoms with van der Waals surface area (Å²) in [5, 5.41) is 6.31. The van der Waals surface area contributed by atoms with E-state index in [9.17, 15) is 4.79 Å². The highest BCUT2D eigenvalue weighted by atomic mass is 35.5. The van der Waals surface area contributed by atoms with Crippen LogP contribution in [0.3, 0.4) is 0 Å². The molecule has 0 bridgehead atoms. The van der Waals surface area contributed by atoms with Gasteiger partial charge in [-0.15, -0.1) is 24.8 Å². The van der Waals surface area contributed by atoms with Crippen molar-refractivity contribution in [1.29, 1.82) is 0 Å². The fourth-order valence-electron chi connectivity index (χ4n) is 1.96. The standard InChI is InChI=1S/C12H17N3O.2ClH/c1-9-11(5-3-7-14-9)12(16)15-10-4-2-6-13-8-10;;/h3,5,7,10,13H,2,4,6,8H2,1H3,(H,15,16);2*1H/t10-;;/m0../s1. The lowest BCUT2D eigenvalue weighted by atomic mass is 10.1. The maximum atomic E-state index is 12.0. The van der Waals surface area contributed by atoms with Gasteiger partial charge in [-0.1, -0.05) is 0 Å². The van der Waals surface area contributed by atoms with E-state index in [2.05, 4.69) is 15.6 Å². The lowest BCUT2D eigenvalue weighted by molar-refractivity contribution is 0.0929. The zero-order valence-electron chi connectivity index (χ0n) is 10.3. The molecular formula is C12H19Cl2N3O. The Balaban J connectivity index is 0.00000144. The fraction of sp³-hybridized carbons (Fsp3) is 0.500. The van der Waals surface area contributed by atoms with Crippen molar-refractivity contribution in [2.75, 3.05) is 13.1 Å². The number of carbonyl (C=O) groups excluding carboxylic acids is 1. The molecule has 102 valence electrons. The van der Waals surface area contributed by atoms with Crippen molar-refractivity contribution >= 4 is 30.7 Å². The van der Waals surface area contributed by atoms with Crippen molar-refractivity contribution in [1.82, 2.24) is 15.6 Å². The Bertz CT molecular complexity index is 381. The average Bonchev–Trinajstić information content (AvgIpc) is 2.31. The van der Waals surface area contributed by atoms with Crippen LogP contribution in [0.2, 0.25) is 0 Å². The van der Waals surface area contributed by atoms with Crippen LogP contribution >= 0.6 is 24.8 Å². The molecule has 1 atom stereocenters. The summed E-state index contributed by atoms with van der Waals surface area (Å²) in [7, 11) is 0. The summed E-state index contributed by atoms with van der Waals surface area (Å²) in [5.41, 5.74) is 1.46. The van der Waals surface area contributed by atoms with Gasteiger partial charge in [-0.2, -0.15) is 0 Å². The Hall–Kier alpha value is -0.840. The number of pyridine rings is 1. The minimum absolute atomic E-state index is 0. The topological polar surface area (TPSA) is 54.0 Å². The molecule has 0 aliphatic carbocycles. The van der Waals surface area contributed by atoms with Crippen molar-refractivity contribution in [3.05, 3.63) is 29.6 Å². The molecule has 2 rings (SSSR count). The summed E-state index contributed by atoms with van der Waals surface area (Å²) in [6, 6.07) is 3.86. The molecule has 2 N–H and O–H groups in total. The smallest absolute Gasteiger partial charge is 0.253 e. The summed E-state index contributed by atoms with van der Waals surface area (Å²) in [5.74, 6) is -0.0145. The van der Waals surface area contributed by atoms with E-state index in [1.807, 2.05) is 13.0 Å². The van der Waals surface area contributed by atoms with Gasteiger partial charge in [0, 0.05) is 24.5 Å². The third kappa shape index (κ3) is 4.44. The molecule has 0 spiro atoms. The van der Waals surface area contributed by atoms with E-state index in [-0.39, 0.29) is 36.8 Å². The van der Waals surface area contributed by atoms with Gasteiger partial charge in [0.1, 0.15) is 0 Å². The maximum Gasteiger partial charge on any atom is 0.253 e. The van der Waals surface area contributed by atoms with Crippen molar-refractivity contribution in [3.8, 4) is 0 Å². The second-order valence-electron chi connectivity index (χ2n) is 4.15. The second kappa shape index (κ2) is 8.29. The number of hydrogen-bond acceptors (Lipinski definition) is 3. The molecule has 0 saturated carbocycles. The quantitative estimate of drug-likeness (QED) is 0.872. The predicted octanol–water partition coefficient (Wildman–Crippen LogP) is 1.72. The fourth-order valence-corrected chi connectivity index (χ4v) is 1.96. The Morgan fingerprint density at radius 2 is 2.28 bits per heavy atom. The number of piperidine rings is 1. The molecule has 1 aromatic heterocycles. The van der Waals surface area contributed by atoms with Crippen LogP contribution in [0.5, 0.6) is 0 Å². The van der Waals surface area contributed by atoms with Crippen molar-refractivity contribution in [3.63, 3.8) is 0 Å². The van der Waals surface area contributed by atoms with E-state index in [4.69, 9.17) is 0 Å². The molecule has 6 heteroatoms. The molecule has 1 fully saturated rings. The molecule has 1 amide bonds. The Morgan fingerprint density at radius 1 is 1.50 bits per heavy atom. The molecule has 0 unspecified atom stereocenters. The molecule has 2 heterocycles. The molecule has 0 aromatic carbocycles. The van der Waals surface area contributed by atoms with Gasteiger partial charge in [-0.3, -0.25) is 9.78 Å². The van der Waals surface area contributed by atoms with Crippen molar-refractivity contribution < 1.29 is 4.79 Å². The summed E-state index contributed by atoms with van der Waals surface area (Å²) in [6.07, 6.45) is 3.88. The SMILES string of the molecule is Cc1ncccc1C(=O)N[C@H]1CCCNC1.Cl.Cl. The van der Waals surface area contributed by atoms with Crippen LogP contribution in [0.1, 0.15) is 28.9 Å². The Morgan fingerprint density at radius 3 is 2.89 bits per heavy atom. The number of aromatic nitrogens is 1. The molecule has 0 radical (unpaired) electrons. The number of halogens is 2. The van der Waals surface area contributed by atoms with E-state index in [0.717, 1.165) is 31.6 Å². The zero-order chi connectivity index (χ0) is 11.4. The first-order chi connectivity index (χ1) is 7.77. The number of carbonyl (C=O) groups is 1. The lowest BCUT2D eigenvalue weighted by Gasteiger charge is -2.23. The number of amides is 1. The Kier molecular flexibility index (Phi) is 7.91. The minimum Gasteiger partial charge on any atom is -0.348 e. The number of nitrogens with one attached hydrogen (secondary N) is 2. The van der Waals surface area contributed by atoms with Gasteiger partial charge in [0.2, 0.25) is 0 Å². The van der Waals surface area contributed by atoms with E-state index in [1.165, 1.54) is 0 Å². The van der Waals surface area contributed by atoms with E-state index in [0.29, 0.717) is 5.56 Å². The van der Waals surface area contributed by atoms with Crippen LogP contribution in [0.4, 0.5) is 0 Å². The highest BCUT2D eigenvalue weighted by molar-refractivity contribution is 5.95. The van der Waals surface area contributed by atoms with E-state index in [1.54, 1.807) is 12.3 Å². The number of hydrogen-bond donors (Lipinski definition) is 2. The normalized spacial score (nSPS) is 18.2. The highest BCUT2D eigenvalue weighted by Crippen LogP contribution is 2.06. The number of aryl methyl sites for hydroxylation is 1. The van der Waals surface area contributed by atoms with Crippen molar-refractivity contribution in [2.45, 2.75) is 25.8 Å². The third-order valence-electron chi connectivity index (χ3n) is 2.88. The summed E-state index contributed by atoms with van der Waals surface area (Å²) >= 11 is 0.